The highest BCUT2D eigenvalue weighted by Gasteiger charge is 2.20. The van der Waals surface area contributed by atoms with Crippen molar-refractivity contribution in [2.45, 2.75) is 31.9 Å². The molecule has 0 radical (unpaired) electrons. The molecule has 2 atom stereocenters. The van der Waals surface area contributed by atoms with E-state index < -0.39 is 0 Å². The van der Waals surface area contributed by atoms with E-state index in [1.54, 1.807) is 25.3 Å². The number of rotatable bonds is 7. The molecule has 0 amide bonds. The van der Waals surface area contributed by atoms with E-state index in [0.29, 0.717) is 12.0 Å². The van der Waals surface area contributed by atoms with Crippen LogP contribution in [0.3, 0.4) is 0 Å². The number of halogens is 1. The van der Waals surface area contributed by atoms with Crippen molar-refractivity contribution in [2.24, 2.45) is 0 Å². The van der Waals surface area contributed by atoms with Gasteiger partial charge in [-0.05, 0) is 31.5 Å². The molecule has 0 aliphatic rings. The second kappa shape index (κ2) is 7.34. The average Bonchev–Trinajstić information content (AvgIpc) is 2.40. The van der Waals surface area contributed by atoms with Gasteiger partial charge in [0.15, 0.2) is 11.6 Å². The fraction of sp³-hybridized carbons (Fsp3) is 0.571. The summed E-state index contributed by atoms with van der Waals surface area (Å²) in [5.74, 6) is -0.000903. The monoisotopic (exact) mass is 255 g/mol. The third kappa shape index (κ3) is 3.43. The van der Waals surface area contributed by atoms with Gasteiger partial charge in [-0.15, -0.1) is 0 Å². The fourth-order valence-electron chi connectivity index (χ4n) is 2.14. The van der Waals surface area contributed by atoms with Crippen LogP contribution in [0.25, 0.3) is 0 Å². The Kier molecular flexibility index (Phi) is 6.09. The highest BCUT2D eigenvalue weighted by atomic mass is 19.1. The molecule has 0 aromatic heterocycles. The molecular weight excluding hydrogens is 233 g/mol. The first-order valence-electron chi connectivity index (χ1n) is 6.19. The van der Waals surface area contributed by atoms with Gasteiger partial charge in [-0.25, -0.2) is 4.39 Å². The summed E-state index contributed by atoms with van der Waals surface area (Å²) >= 11 is 0. The molecular formula is C14H22FNO2. The van der Waals surface area contributed by atoms with Crippen LogP contribution in [0, 0.1) is 5.82 Å². The number of nitrogens with one attached hydrogen (secondary N) is 1. The minimum Gasteiger partial charge on any atom is -0.494 e. The Hall–Kier alpha value is -1.13. The maximum atomic E-state index is 14.0. The second-order valence-electron chi connectivity index (χ2n) is 4.22. The Morgan fingerprint density at radius 1 is 1.33 bits per heavy atom. The molecule has 102 valence electrons. The average molecular weight is 255 g/mol. The first kappa shape index (κ1) is 14.9. The normalized spacial score (nSPS) is 14.3. The van der Waals surface area contributed by atoms with Crippen LogP contribution in [0.4, 0.5) is 4.39 Å². The van der Waals surface area contributed by atoms with E-state index in [4.69, 9.17) is 9.47 Å². The first-order chi connectivity index (χ1) is 8.67. The third-order valence-electron chi connectivity index (χ3n) is 3.23. The maximum absolute atomic E-state index is 14.0. The number of ether oxygens (including phenoxy) is 2. The summed E-state index contributed by atoms with van der Waals surface area (Å²) in [7, 11) is 5.02. The minimum atomic E-state index is -0.286. The van der Waals surface area contributed by atoms with Crippen molar-refractivity contribution in [1.29, 1.82) is 0 Å². The number of benzene rings is 1. The van der Waals surface area contributed by atoms with Crippen molar-refractivity contribution in [1.82, 2.24) is 5.32 Å². The lowest BCUT2D eigenvalue weighted by atomic mass is 9.99. The van der Waals surface area contributed by atoms with Crippen molar-refractivity contribution in [3.8, 4) is 5.75 Å². The molecule has 0 spiro atoms. The summed E-state index contributed by atoms with van der Waals surface area (Å²) in [6.45, 7) is 2.06. The molecule has 1 aromatic carbocycles. The summed E-state index contributed by atoms with van der Waals surface area (Å²) in [6, 6.07) is 5.30. The maximum Gasteiger partial charge on any atom is 0.168 e. The van der Waals surface area contributed by atoms with E-state index in [-0.39, 0.29) is 23.7 Å². The molecule has 1 rings (SSSR count). The van der Waals surface area contributed by atoms with Crippen LogP contribution in [0.1, 0.15) is 18.9 Å². The van der Waals surface area contributed by atoms with Crippen LogP contribution in [0.5, 0.6) is 5.75 Å². The number of hydrogen-bond acceptors (Lipinski definition) is 3. The standard InChI is InChI=1S/C14H22FNO2/c1-5-12(17-3)11(16-2)9-10-7-6-8-13(18-4)14(10)15/h6-8,11-12,16H,5,9H2,1-4H3. The van der Waals surface area contributed by atoms with E-state index in [1.165, 1.54) is 7.11 Å². The predicted octanol–water partition coefficient (Wildman–Crippen LogP) is 2.39. The fourth-order valence-corrected chi connectivity index (χ4v) is 2.14. The minimum absolute atomic E-state index is 0.0700. The Morgan fingerprint density at radius 2 is 2.06 bits per heavy atom. The Balaban J connectivity index is 2.88. The molecule has 3 nitrogen and oxygen atoms in total. The summed E-state index contributed by atoms with van der Waals surface area (Å²) in [5.41, 5.74) is 0.643. The zero-order valence-corrected chi connectivity index (χ0v) is 11.5. The van der Waals surface area contributed by atoms with Gasteiger partial charge in [-0.2, -0.15) is 0 Å². The first-order valence-corrected chi connectivity index (χ1v) is 6.19. The van der Waals surface area contributed by atoms with Crippen LogP contribution in [0.2, 0.25) is 0 Å². The molecule has 0 aliphatic carbocycles. The lowest BCUT2D eigenvalue weighted by Crippen LogP contribution is -2.40. The number of methoxy groups -OCH3 is 2. The van der Waals surface area contributed by atoms with Crippen molar-refractivity contribution in [2.75, 3.05) is 21.3 Å². The van der Waals surface area contributed by atoms with Gasteiger partial charge < -0.3 is 14.8 Å². The number of hydrogen-bond donors (Lipinski definition) is 1. The smallest absolute Gasteiger partial charge is 0.168 e. The largest absolute Gasteiger partial charge is 0.494 e. The molecule has 0 fully saturated rings. The van der Waals surface area contributed by atoms with Crippen molar-refractivity contribution >= 4 is 0 Å². The number of likely N-dealkylation sites (N-methyl/N-ethyl adjacent to an activating group) is 1. The quantitative estimate of drug-likeness (QED) is 0.811. The van der Waals surface area contributed by atoms with Crippen molar-refractivity contribution in [3.63, 3.8) is 0 Å². The van der Waals surface area contributed by atoms with Crippen LogP contribution < -0.4 is 10.1 Å². The van der Waals surface area contributed by atoms with E-state index >= 15 is 0 Å². The summed E-state index contributed by atoms with van der Waals surface area (Å²) in [5, 5.41) is 3.18. The Labute approximate surface area is 108 Å². The van der Waals surface area contributed by atoms with Gasteiger partial charge in [0.25, 0.3) is 0 Å². The van der Waals surface area contributed by atoms with Gasteiger partial charge in [0, 0.05) is 13.2 Å². The summed E-state index contributed by atoms with van der Waals surface area (Å²) in [4.78, 5) is 0. The molecule has 0 heterocycles. The van der Waals surface area contributed by atoms with Gasteiger partial charge >= 0.3 is 0 Å². The van der Waals surface area contributed by atoms with E-state index in [0.717, 1.165) is 6.42 Å². The molecule has 2 unspecified atom stereocenters. The zero-order valence-electron chi connectivity index (χ0n) is 11.5. The van der Waals surface area contributed by atoms with Crippen molar-refractivity contribution in [3.05, 3.63) is 29.6 Å². The van der Waals surface area contributed by atoms with Crippen LogP contribution in [0.15, 0.2) is 18.2 Å². The summed E-state index contributed by atoms with van der Waals surface area (Å²) < 4.78 is 24.4. The lowest BCUT2D eigenvalue weighted by molar-refractivity contribution is 0.0675. The SMILES string of the molecule is CCC(OC)C(Cc1cccc(OC)c1F)NC. The highest BCUT2D eigenvalue weighted by molar-refractivity contribution is 5.31. The van der Waals surface area contributed by atoms with E-state index in [2.05, 4.69) is 12.2 Å². The van der Waals surface area contributed by atoms with Gasteiger partial charge in [0.2, 0.25) is 0 Å². The van der Waals surface area contributed by atoms with Gasteiger partial charge in [0.05, 0.1) is 13.2 Å². The molecule has 0 saturated heterocycles. The molecule has 0 saturated carbocycles. The predicted molar refractivity (Wildman–Crippen MR) is 70.6 cm³/mol. The third-order valence-corrected chi connectivity index (χ3v) is 3.23. The highest BCUT2D eigenvalue weighted by Crippen LogP contribution is 2.22. The molecule has 18 heavy (non-hydrogen) atoms. The van der Waals surface area contributed by atoms with Crippen LogP contribution >= 0.6 is 0 Å². The molecule has 1 N–H and O–H groups in total. The van der Waals surface area contributed by atoms with E-state index in [1.807, 2.05) is 7.05 Å². The topological polar surface area (TPSA) is 30.5 Å². The Morgan fingerprint density at radius 3 is 2.56 bits per heavy atom. The zero-order chi connectivity index (χ0) is 13.5. The van der Waals surface area contributed by atoms with Gasteiger partial charge in [-0.1, -0.05) is 19.1 Å². The Bertz CT molecular complexity index is 367. The molecule has 1 aromatic rings. The van der Waals surface area contributed by atoms with E-state index in [9.17, 15) is 4.39 Å². The summed E-state index contributed by atoms with van der Waals surface area (Å²) in [6.07, 6.45) is 1.53. The molecule has 0 bridgehead atoms. The second-order valence-corrected chi connectivity index (χ2v) is 4.22. The lowest BCUT2D eigenvalue weighted by Gasteiger charge is -2.25. The molecule has 4 heteroatoms. The van der Waals surface area contributed by atoms with Gasteiger partial charge in [-0.3, -0.25) is 0 Å². The molecule has 0 aliphatic heterocycles. The van der Waals surface area contributed by atoms with Crippen molar-refractivity contribution < 1.29 is 13.9 Å². The van der Waals surface area contributed by atoms with Crippen LogP contribution in [-0.4, -0.2) is 33.4 Å². The van der Waals surface area contributed by atoms with Crippen LogP contribution in [-0.2, 0) is 11.2 Å². The van der Waals surface area contributed by atoms with Gasteiger partial charge in [0.1, 0.15) is 0 Å².